The minimum Gasteiger partial charge on any atom is -0.483 e. The third-order valence-corrected chi connectivity index (χ3v) is 3.21. The van der Waals surface area contributed by atoms with Gasteiger partial charge in [0, 0.05) is 6.20 Å². The van der Waals surface area contributed by atoms with Crippen LogP contribution in [0.25, 0.3) is 10.9 Å². The maximum Gasteiger partial charge on any atom is 0.341 e. The zero-order chi connectivity index (χ0) is 14.6. The number of benzene rings is 1. The first-order valence-electron chi connectivity index (χ1n) is 5.85. The minimum atomic E-state index is -1.41. The Balaban J connectivity index is 2.53. The Morgan fingerprint density at radius 1 is 1.50 bits per heavy atom. The van der Waals surface area contributed by atoms with E-state index in [1.54, 1.807) is 6.92 Å². The summed E-state index contributed by atoms with van der Waals surface area (Å²) in [6.45, 7) is 1.88. The van der Waals surface area contributed by atoms with Gasteiger partial charge in [0.15, 0.2) is 11.6 Å². The molecular formula is C13H9F2NO4. The molecule has 7 heteroatoms. The van der Waals surface area contributed by atoms with Crippen LogP contribution in [-0.2, 0) is 6.54 Å². The van der Waals surface area contributed by atoms with Gasteiger partial charge in [-0.1, -0.05) is 0 Å². The van der Waals surface area contributed by atoms with Crippen molar-refractivity contribution in [1.82, 2.24) is 4.57 Å². The standard InChI is InChI=1S/C13H9F2NO4/c1-5-3-16-4-7(13(18)19)11(17)6-2-8(14)9(15)12(20-5)10(6)16/h2,4-5H,3H2,1H3,(H,18,19)/t5-/m1/s1. The van der Waals surface area contributed by atoms with Crippen LogP contribution in [0.1, 0.15) is 17.3 Å². The molecule has 5 nitrogen and oxygen atoms in total. The number of carboxylic acid groups (broad SMARTS) is 1. The molecule has 104 valence electrons. The summed E-state index contributed by atoms with van der Waals surface area (Å²) >= 11 is 0. The number of carboxylic acids is 1. The van der Waals surface area contributed by atoms with Crippen molar-refractivity contribution in [3.8, 4) is 5.75 Å². The number of carbonyl (C=O) groups is 1. The predicted octanol–water partition coefficient (Wildman–Crippen LogP) is 1.76. The van der Waals surface area contributed by atoms with Crippen molar-refractivity contribution in [3.63, 3.8) is 0 Å². The fourth-order valence-corrected chi connectivity index (χ4v) is 2.39. The van der Waals surface area contributed by atoms with Crippen molar-refractivity contribution in [3.05, 3.63) is 39.7 Å². The van der Waals surface area contributed by atoms with E-state index < -0.39 is 34.7 Å². The lowest BCUT2D eigenvalue weighted by Crippen LogP contribution is -2.29. The molecular weight excluding hydrogens is 272 g/mol. The lowest BCUT2D eigenvalue weighted by Gasteiger charge is -2.26. The van der Waals surface area contributed by atoms with Crippen molar-refractivity contribution in [2.75, 3.05) is 0 Å². The third kappa shape index (κ3) is 1.59. The molecule has 0 bridgehead atoms. The second kappa shape index (κ2) is 4.03. The van der Waals surface area contributed by atoms with Crippen molar-refractivity contribution < 1.29 is 23.4 Å². The number of aromatic carboxylic acids is 1. The summed E-state index contributed by atoms with van der Waals surface area (Å²) in [5.74, 6) is -4.19. The minimum absolute atomic E-state index is 0.0806. The number of pyridine rings is 1. The molecule has 0 aliphatic carbocycles. The molecule has 3 rings (SSSR count). The number of hydrogen-bond acceptors (Lipinski definition) is 3. The average Bonchev–Trinajstić information content (AvgIpc) is 2.38. The van der Waals surface area contributed by atoms with Crippen LogP contribution in [0.15, 0.2) is 17.1 Å². The normalized spacial score (nSPS) is 17.1. The molecule has 1 N–H and O–H groups in total. The van der Waals surface area contributed by atoms with Gasteiger partial charge in [0.2, 0.25) is 11.2 Å². The van der Waals surface area contributed by atoms with Gasteiger partial charge in [-0.15, -0.1) is 0 Å². The van der Waals surface area contributed by atoms with E-state index in [1.807, 2.05) is 0 Å². The molecule has 0 fully saturated rings. The molecule has 0 amide bonds. The summed E-state index contributed by atoms with van der Waals surface area (Å²) in [5, 5.41) is 8.81. The lowest BCUT2D eigenvalue weighted by molar-refractivity contribution is 0.0694. The fraction of sp³-hybridized carbons (Fsp3) is 0.231. The number of ether oxygens (including phenoxy) is 1. The molecule has 1 aromatic heterocycles. The van der Waals surface area contributed by atoms with Gasteiger partial charge in [0.1, 0.15) is 11.7 Å². The van der Waals surface area contributed by atoms with E-state index in [2.05, 4.69) is 0 Å². The number of rotatable bonds is 1. The highest BCUT2D eigenvalue weighted by Gasteiger charge is 2.27. The fourth-order valence-electron chi connectivity index (χ4n) is 2.39. The molecule has 2 aromatic rings. The van der Waals surface area contributed by atoms with Crippen molar-refractivity contribution in [2.45, 2.75) is 19.6 Å². The molecule has 1 aliphatic rings. The second-order valence-corrected chi connectivity index (χ2v) is 4.66. The third-order valence-electron chi connectivity index (χ3n) is 3.21. The summed E-state index contributed by atoms with van der Waals surface area (Å²) in [4.78, 5) is 23.1. The van der Waals surface area contributed by atoms with Crippen LogP contribution in [0.5, 0.6) is 5.75 Å². The first-order valence-corrected chi connectivity index (χ1v) is 5.85. The Labute approximate surface area is 111 Å². The molecule has 0 spiro atoms. The monoisotopic (exact) mass is 281 g/mol. The van der Waals surface area contributed by atoms with Crippen molar-refractivity contribution >= 4 is 16.9 Å². The van der Waals surface area contributed by atoms with Gasteiger partial charge in [-0.25, -0.2) is 9.18 Å². The summed E-state index contributed by atoms with van der Waals surface area (Å²) in [6, 6.07) is 0.707. The van der Waals surface area contributed by atoms with Gasteiger partial charge in [-0.2, -0.15) is 4.39 Å². The Morgan fingerprint density at radius 3 is 2.85 bits per heavy atom. The van der Waals surface area contributed by atoms with Crippen LogP contribution in [0.4, 0.5) is 8.78 Å². The molecule has 0 unspecified atom stereocenters. The molecule has 1 aliphatic heterocycles. The second-order valence-electron chi connectivity index (χ2n) is 4.66. The molecule has 1 atom stereocenters. The van der Waals surface area contributed by atoms with Crippen LogP contribution in [-0.4, -0.2) is 21.7 Å². The van der Waals surface area contributed by atoms with E-state index in [4.69, 9.17) is 9.84 Å². The van der Waals surface area contributed by atoms with E-state index in [1.165, 1.54) is 4.57 Å². The van der Waals surface area contributed by atoms with Crippen LogP contribution in [0, 0.1) is 11.6 Å². The highest BCUT2D eigenvalue weighted by atomic mass is 19.2. The highest BCUT2D eigenvalue weighted by molar-refractivity contribution is 5.94. The van der Waals surface area contributed by atoms with E-state index in [0.29, 0.717) is 6.07 Å². The zero-order valence-electron chi connectivity index (χ0n) is 10.3. The van der Waals surface area contributed by atoms with Gasteiger partial charge in [0.25, 0.3) is 0 Å². The average molecular weight is 281 g/mol. The zero-order valence-corrected chi connectivity index (χ0v) is 10.3. The number of aromatic nitrogens is 1. The van der Waals surface area contributed by atoms with Crippen LogP contribution in [0.2, 0.25) is 0 Å². The summed E-state index contributed by atoms with van der Waals surface area (Å²) in [7, 11) is 0. The quantitative estimate of drug-likeness (QED) is 0.864. The Bertz CT molecular complexity index is 812. The number of nitrogens with zero attached hydrogens (tertiary/aromatic N) is 1. The predicted molar refractivity (Wildman–Crippen MR) is 65.2 cm³/mol. The topological polar surface area (TPSA) is 68.5 Å². The first-order chi connectivity index (χ1) is 9.40. The van der Waals surface area contributed by atoms with Gasteiger partial charge < -0.3 is 14.4 Å². The van der Waals surface area contributed by atoms with Gasteiger partial charge in [-0.3, -0.25) is 4.79 Å². The summed E-state index contributed by atoms with van der Waals surface area (Å²) in [5.41, 5.74) is -1.26. The SMILES string of the molecule is C[C@@H]1Cn2cc(C(=O)O)c(=O)c3cc(F)c(F)c(c32)O1. The summed E-state index contributed by atoms with van der Waals surface area (Å²) < 4.78 is 34.0. The Kier molecular flexibility index (Phi) is 2.53. The van der Waals surface area contributed by atoms with Crippen LogP contribution >= 0.6 is 0 Å². The smallest absolute Gasteiger partial charge is 0.341 e. The maximum atomic E-state index is 13.8. The largest absolute Gasteiger partial charge is 0.483 e. The van der Waals surface area contributed by atoms with E-state index >= 15 is 0 Å². The van der Waals surface area contributed by atoms with Crippen molar-refractivity contribution in [1.29, 1.82) is 0 Å². The molecule has 20 heavy (non-hydrogen) atoms. The van der Waals surface area contributed by atoms with Crippen LogP contribution < -0.4 is 10.2 Å². The Morgan fingerprint density at radius 2 is 2.20 bits per heavy atom. The highest BCUT2D eigenvalue weighted by Crippen LogP contribution is 2.33. The molecule has 0 saturated heterocycles. The van der Waals surface area contributed by atoms with E-state index in [0.717, 1.165) is 6.20 Å². The first kappa shape index (κ1) is 12.6. The van der Waals surface area contributed by atoms with Gasteiger partial charge in [0.05, 0.1) is 17.4 Å². The van der Waals surface area contributed by atoms with E-state index in [-0.39, 0.29) is 23.2 Å². The molecule has 1 aromatic carbocycles. The molecule has 0 radical (unpaired) electrons. The summed E-state index contributed by atoms with van der Waals surface area (Å²) in [6.07, 6.45) is 0.665. The molecule has 0 saturated carbocycles. The Hall–Kier alpha value is -2.44. The van der Waals surface area contributed by atoms with Crippen LogP contribution in [0.3, 0.4) is 0 Å². The number of hydrogen-bond donors (Lipinski definition) is 1. The van der Waals surface area contributed by atoms with Gasteiger partial charge in [-0.05, 0) is 13.0 Å². The van der Waals surface area contributed by atoms with Crippen molar-refractivity contribution in [2.24, 2.45) is 0 Å². The maximum absolute atomic E-state index is 13.8. The molecule has 2 heterocycles. The van der Waals surface area contributed by atoms with Gasteiger partial charge >= 0.3 is 5.97 Å². The van der Waals surface area contributed by atoms with E-state index in [9.17, 15) is 18.4 Å². The number of halogens is 2. The lowest BCUT2D eigenvalue weighted by atomic mass is 10.1.